The zero-order chi connectivity index (χ0) is 9.38. The minimum Gasteiger partial charge on any atom is -0.380 e. The van der Waals surface area contributed by atoms with Gasteiger partial charge in [-0.2, -0.15) is 0 Å². The van der Waals surface area contributed by atoms with Gasteiger partial charge in [-0.05, 0) is 18.4 Å². The van der Waals surface area contributed by atoms with E-state index in [1.165, 1.54) is 24.9 Å². The molecule has 1 aromatic heterocycles. The van der Waals surface area contributed by atoms with Crippen LogP contribution < -0.4 is 10.6 Å². The Morgan fingerprint density at radius 1 is 1.36 bits per heavy atom. The summed E-state index contributed by atoms with van der Waals surface area (Å²) in [7, 11) is 0. The van der Waals surface area contributed by atoms with Crippen molar-refractivity contribution >= 4 is 11.4 Å². The van der Waals surface area contributed by atoms with E-state index < -0.39 is 0 Å². The van der Waals surface area contributed by atoms with Crippen molar-refractivity contribution in [1.29, 1.82) is 0 Å². The van der Waals surface area contributed by atoms with Gasteiger partial charge in [0, 0.05) is 18.8 Å². The van der Waals surface area contributed by atoms with Crippen LogP contribution in [-0.4, -0.2) is 17.6 Å². The molecule has 1 fully saturated rings. The summed E-state index contributed by atoms with van der Waals surface area (Å²) in [6, 6.07) is 2.65. The minimum atomic E-state index is 0.609. The van der Waals surface area contributed by atoms with Gasteiger partial charge in [-0.3, -0.25) is 4.98 Å². The van der Waals surface area contributed by atoms with Gasteiger partial charge in [-0.1, -0.05) is 12.8 Å². The third-order valence-corrected chi connectivity index (χ3v) is 3.03. The smallest absolute Gasteiger partial charge is 0.0763 e. The molecule has 2 aliphatic rings. The van der Waals surface area contributed by atoms with E-state index in [9.17, 15) is 0 Å². The summed E-state index contributed by atoms with van der Waals surface area (Å²) in [6.45, 7) is 1.04. The maximum Gasteiger partial charge on any atom is 0.0763 e. The van der Waals surface area contributed by atoms with Crippen LogP contribution >= 0.6 is 0 Å². The van der Waals surface area contributed by atoms with Crippen molar-refractivity contribution in [2.75, 3.05) is 17.2 Å². The van der Waals surface area contributed by atoms with Gasteiger partial charge in [0.05, 0.1) is 17.6 Å². The van der Waals surface area contributed by atoms with Crippen molar-refractivity contribution < 1.29 is 0 Å². The molecule has 74 valence electrons. The maximum atomic E-state index is 4.09. The highest BCUT2D eigenvalue weighted by Crippen LogP contribution is 2.35. The number of rotatable bonds is 2. The lowest BCUT2D eigenvalue weighted by atomic mass is 10.1. The molecule has 0 saturated heterocycles. The minimum absolute atomic E-state index is 0.609. The van der Waals surface area contributed by atoms with E-state index in [0.29, 0.717) is 6.04 Å². The molecule has 2 heterocycles. The molecule has 3 heteroatoms. The molecule has 1 aliphatic carbocycles. The lowest BCUT2D eigenvalue weighted by molar-refractivity contribution is 0.614. The second-order valence-corrected chi connectivity index (χ2v) is 4.32. The monoisotopic (exact) mass is 189 g/mol. The summed E-state index contributed by atoms with van der Waals surface area (Å²) < 4.78 is 0. The van der Waals surface area contributed by atoms with Crippen LogP contribution in [0.2, 0.25) is 0 Å². The molecule has 3 rings (SSSR count). The van der Waals surface area contributed by atoms with E-state index in [-0.39, 0.29) is 0 Å². The molecule has 1 unspecified atom stereocenters. The summed E-state index contributed by atoms with van der Waals surface area (Å²) in [5.74, 6) is 0.984. The first-order chi connectivity index (χ1) is 6.92. The van der Waals surface area contributed by atoms with E-state index in [0.717, 1.165) is 18.2 Å². The van der Waals surface area contributed by atoms with Crippen LogP contribution in [0.5, 0.6) is 0 Å². The quantitative estimate of drug-likeness (QED) is 0.748. The number of fused-ring (bicyclic) bond motifs is 1. The fourth-order valence-corrected chi connectivity index (χ4v) is 2.06. The molecule has 1 aromatic rings. The van der Waals surface area contributed by atoms with Gasteiger partial charge in [0.2, 0.25) is 0 Å². The van der Waals surface area contributed by atoms with Crippen LogP contribution in [0, 0.1) is 5.92 Å². The number of hydrogen-bond acceptors (Lipinski definition) is 3. The third kappa shape index (κ3) is 1.54. The highest BCUT2D eigenvalue weighted by atomic mass is 15.1. The number of hydrogen-bond donors (Lipinski definition) is 2. The van der Waals surface area contributed by atoms with Crippen molar-refractivity contribution in [1.82, 2.24) is 4.98 Å². The zero-order valence-corrected chi connectivity index (χ0v) is 8.16. The van der Waals surface area contributed by atoms with Crippen LogP contribution in [0.15, 0.2) is 18.5 Å². The van der Waals surface area contributed by atoms with Gasteiger partial charge in [0.1, 0.15) is 0 Å². The number of anilines is 2. The highest BCUT2D eigenvalue weighted by molar-refractivity contribution is 5.69. The molecule has 1 aliphatic heterocycles. The Kier molecular flexibility index (Phi) is 1.82. The predicted octanol–water partition coefficient (Wildman–Crippen LogP) is 2.09. The molecule has 1 saturated carbocycles. The molecule has 0 spiro atoms. The van der Waals surface area contributed by atoms with Crippen molar-refractivity contribution in [3.8, 4) is 0 Å². The van der Waals surface area contributed by atoms with Crippen molar-refractivity contribution in [2.24, 2.45) is 5.92 Å². The van der Waals surface area contributed by atoms with Crippen molar-refractivity contribution in [3.63, 3.8) is 0 Å². The van der Waals surface area contributed by atoms with Crippen molar-refractivity contribution in [2.45, 2.75) is 25.3 Å². The Labute approximate surface area is 83.9 Å². The Balaban J connectivity index is 1.72. The summed E-state index contributed by atoms with van der Waals surface area (Å²) in [4.78, 5) is 4.09. The average molecular weight is 189 g/mol. The molecule has 0 radical (unpaired) electrons. The molecule has 0 amide bonds. The van der Waals surface area contributed by atoms with Gasteiger partial charge < -0.3 is 10.6 Å². The average Bonchev–Trinajstić information content (AvgIpc) is 3.02. The van der Waals surface area contributed by atoms with E-state index in [1.807, 2.05) is 18.5 Å². The summed E-state index contributed by atoms with van der Waals surface area (Å²) in [5, 5.41) is 6.99. The number of nitrogens with zero attached hydrogens (tertiary/aromatic N) is 1. The fourth-order valence-electron chi connectivity index (χ4n) is 2.06. The SMILES string of the molecule is c1cc2c(cn1)NCC(CC1CC1)N2. The third-order valence-electron chi connectivity index (χ3n) is 3.03. The number of pyridine rings is 1. The van der Waals surface area contributed by atoms with E-state index in [2.05, 4.69) is 15.6 Å². The Hall–Kier alpha value is -1.25. The molecular weight excluding hydrogens is 174 g/mol. The number of aromatic nitrogens is 1. The molecule has 2 N–H and O–H groups in total. The Morgan fingerprint density at radius 2 is 2.29 bits per heavy atom. The van der Waals surface area contributed by atoms with Gasteiger partial charge in [-0.15, -0.1) is 0 Å². The topological polar surface area (TPSA) is 37.0 Å². The first-order valence-electron chi connectivity index (χ1n) is 5.36. The van der Waals surface area contributed by atoms with Crippen LogP contribution in [0.4, 0.5) is 11.4 Å². The summed E-state index contributed by atoms with van der Waals surface area (Å²) >= 11 is 0. The molecular formula is C11H15N3. The Bertz CT molecular complexity index is 333. The van der Waals surface area contributed by atoms with E-state index in [4.69, 9.17) is 0 Å². The Morgan fingerprint density at radius 3 is 3.14 bits per heavy atom. The molecule has 3 nitrogen and oxygen atoms in total. The fraction of sp³-hybridized carbons (Fsp3) is 0.545. The van der Waals surface area contributed by atoms with Gasteiger partial charge in [-0.25, -0.2) is 0 Å². The summed E-state index contributed by atoms with van der Waals surface area (Å²) in [5.41, 5.74) is 2.34. The lowest BCUT2D eigenvalue weighted by Gasteiger charge is -2.27. The zero-order valence-electron chi connectivity index (χ0n) is 8.16. The van der Waals surface area contributed by atoms with E-state index >= 15 is 0 Å². The molecule has 14 heavy (non-hydrogen) atoms. The first-order valence-corrected chi connectivity index (χ1v) is 5.36. The van der Waals surface area contributed by atoms with E-state index in [1.54, 1.807) is 0 Å². The maximum absolute atomic E-state index is 4.09. The summed E-state index contributed by atoms with van der Waals surface area (Å²) in [6.07, 6.45) is 7.90. The highest BCUT2D eigenvalue weighted by Gasteiger charge is 2.27. The second kappa shape index (κ2) is 3.15. The second-order valence-electron chi connectivity index (χ2n) is 4.32. The van der Waals surface area contributed by atoms with Crippen LogP contribution in [0.1, 0.15) is 19.3 Å². The van der Waals surface area contributed by atoms with Crippen molar-refractivity contribution in [3.05, 3.63) is 18.5 Å². The normalized spacial score (nSPS) is 24.7. The lowest BCUT2D eigenvalue weighted by Crippen LogP contribution is -2.33. The molecule has 0 aromatic carbocycles. The largest absolute Gasteiger partial charge is 0.380 e. The van der Waals surface area contributed by atoms with Gasteiger partial charge >= 0.3 is 0 Å². The molecule has 1 atom stereocenters. The van der Waals surface area contributed by atoms with Gasteiger partial charge in [0.15, 0.2) is 0 Å². The van der Waals surface area contributed by atoms with Crippen LogP contribution in [0.25, 0.3) is 0 Å². The first kappa shape index (κ1) is 8.09. The van der Waals surface area contributed by atoms with Crippen LogP contribution in [-0.2, 0) is 0 Å². The predicted molar refractivity (Wildman–Crippen MR) is 57.5 cm³/mol. The number of nitrogens with one attached hydrogen (secondary N) is 2. The van der Waals surface area contributed by atoms with Crippen LogP contribution in [0.3, 0.4) is 0 Å². The molecule has 0 bridgehead atoms. The standard InChI is InChI=1S/C11H15N3/c1-2-8(1)5-9-6-13-11-7-12-4-3-10(11)14-9/h3-4,7-9,13-14H,1-2,5-6H2. The van der Waals surface area contributed by atoms with Gasteiger partial charge in [0.25, 0.3) is 0 Å².